The van der Waals surface area contributed by atoms with Gasteiger partial charge in [-0.1, -0.05) is 0 Å². The number of fused-ring (bicyclic) bond motifs is 1. The van der Waals surface area contributed by atoms with Crippen LogP contribution in [0.5, 0.6) is 0 Å². The van der Waals surface area contributed by atoms with Crippen LogP contribution in [0.1, 0.15) is 53.9 Å². The third-order valence-corrected chi connectivity index (χ3v) is 6.17. The number of morpholine rings is 1. The van der Waals surface area contributed by atoms with Crippen LogP contribution in [0, 0.1) is 0 Å². The van der Waals surface area contributed by atoms with E-state index in [1.165, 1.54) is 23.3 Å². The first-order valence-corrected chi connectivity index (χ1v) is 10.2. The second-order valence-electron chi connectivity index (χ2n) is 7.22. The van der Waals surface area contributed by atoms with Crippen molar-refractivity contribution < 1.29 is 19.1 Å². The largest absolute Gasteiger partial charge is 0.465 e. The van der Waals surface area contributed by atoms with Crippen molar-refractivity contribution in [3.05, 3.63) is 16.0 Å². The van der Waals surface area contributed by atoms with Crippen molar-refractivity contribution >= 4 is 28.2 Å². The Bertz CT molecular complexity index is 663. The molecule has 0 spiro atoms. The summed E-state index contributed by atoms with van der Waals surface area (Å²) in [5.74, 6) is -0.406. The first kappa shape index (κ1) is 19.3. The summed E-state index contributed by atoms with van der Waals surface area (Å²) in [6, 6.07) is 0. The molecule has 0 unspecified atom stereocenters. The summed E-state index contributed by atoms with van der Waals surface area (Å²) in [4.78, 5) is 28.2. The molecular formula is C19H28N2O4S. The molecule has 0 bridgehead atoms. The number of anilines is 1. The third-order valence-electron chi connectivity index (χ3n) is 4.96. The van der Waals surface area contributed by atoms with Crippen molar-refractivity contribution in [3.63, 3.8) is 0 Å². The van der Waals surface area contributed by atoms with E-state index < -0.39 is 0 Å². The number of aryl methyl sites for hydroxylation is 1. The molecule has 1 N–H and O–H groups in total. The Morgan fingerprint density at radius 2 is 1.92 bits per heavy atom. The maximum Gasteiger partial charge on any atom is 0.341 e. The summed E-state index contributed by atoms with van der Waals surface area (Å²) in [7, 11) is 1.39. The van der Waals surface area contributed by atoms with Crippen LogP contribution in [-0.2, 0) is 27.1 Å². The third kappa shape index (κ3) is 4.45. The SMILES string of the molecule is COC(=O)c1c(NC(=O)CCN2C[C@@H](C)O[C@@H](C)C2)sc2c1CCCC2. The normalized spacial score (nSPS) is 23.3. The van der Waals surface area contributed by atoms with E-state index in [0.717, 1.165) is 44.3 Å². The topological polar surface area (TPSA) is 67.9 Å². The summed E-state index contributed by atoms with van der Waals surface area (Å²) in [5, 5.41) is 3.62. The average molecular weight is 381 g/mol. The van der Waals surface area contributed by atoms with Gasteiger partial charge in [-0.2, -0.15) is 0 Å². The quantitative estimate of drug-likeness (QED) is 0.796. The highest BCUT2D eigenvalue weighted by Gasteiger charge is 2.27. The monoisotopic (exact) mass is 380 g/mol. The number of amides is 1. The minimum Gasteiger partial charge on any atom is -0.465 e. The van der Waals surface area contributed by atoms with E-state index in [9.17, 15) is 9.59 Å². The number of rotatable bonds is 5. The van der Waals surface area contributed by atoms with E-state index in [0.29, 0.717) is 23.5 Å². The number of hydrogen-bond donors (Lipinski definition) is 1. The van der Waals surface area contributed by atoms with Gasteiger partial charge in [-0.05, 0) is 45.1 Å². The molecule has 1 aliphatic heterocycles. The van der Waals surface area contributed by atoms with Gasteiger partial charge in [0.25, 0.3) is 0 Å². The molecule has 2 aliphatic rings. The van der Waals surface area contributed by atoms with Gasteiger partial charge in [0.05, 0.1) is 24.9 Å². The highest BCUT2D eigenvalue weighted by atomic mass is 32.1. The van der Waals surface area contributed by atoms with Crippen LogP contribution in [0.2, 0.25) is 0 Å². The summed E-state index contributed by atoms with van der Waals surface area (Å²) >= 11 is 1.53. The molecule has 6 nitrogen and oxygen atoms in total. The van der Waals surface area contributed by atoms with Crippen LogP contribution in [0.15, 0.2) is 0 Å². The lowest BCUT2D eigenvalue weighted by Gasteiger charge is -2.35. The Labute approximate surface area is 158 Å². The fraction of sp³-hybridized carbons (Fsp3) is 0.684. The Kier molecular flexibility index (Phi) is 6.32. The summed E-state index contributed by atoms with van der Waals surface area (Å²) in [6.45, 7) is 6.50. The lowest BCUT2D eigenvalue weighted by Crippen LogP contribution is -2.46. The Hall–Kier alpha value is -1.44. The predicted octanol–water partition coefficient (Wildman–Crippen LogP) is 2.85. The molecule has 0 aromatic carbocycles. The number of carbonyl (C=O) groups is 2. The van der Waals surface area contributed by atoms with Gasteiger partial charge in [0.2, 0.25) is 5.91 Å². The molecule has 0 saturated carbocycles. The van der Waals surface area contributed by atoms with Gasteiger partial charge in [-0.25, -0.2) is 4.79 Å². The summed E-state index contributed by atoms with van der Waals surface area (Å²) in [5.41, 5.74) is 1.63. The molecule has 144 valence electrons. The molecule has 1 saturated heterocycles. The molecule has 26 heavy (non-hydrogen) atoms. The number of hydrogen-bond acceptors (Lipinski definition) is 6. The second-order valence-corrected chi connectivity index (χ2v) is 8.33. The molecule has 2 heterocycles. The molecule has 1 aromatic heterocycles. The number of nitrogens with zero attached hydrogens (tertiary/aromatic N) is 1. The van der Waals surface area contributed by atoms with Crippen molar-refractivity contribution in [3.8, 4) is 0 Å². The van der Waals surface area contributed by atoms with Crippen molar-refractivity contribution in [1.82, 2.24) is 4.90 Å². The Balaban J connectivity index is 1.64. The molecule has 0 radical (unpaired) electrons. The highest BCUT2D eigenvalue weighted by Crippen LogP contribution is 2.38. The smallest absolute Gasteiger partial charge is 0.341 e. The molecular weight excluding hydrogens is 352 g/mol. The lowest BCUT2D eigenvalue weighted by molar-refractivity contribution is -0.117. The van der Waals surface area contributed by atoms with Crippen molar-refractivity contribution in [1.29, 1.82) is 0 Å². The number of carbonyl (C=O) groups excluding carboxylic acids is 2. The fourth-order valence-electron chi connectivity index (χ4n) is 3.89. The first-order valence-electron chi connectivity index (χ1n) is 9.38. The van der Waals surface area contributed by atoms with Crippen LogP contribution >= 0.6 is 11.3 Å². The van der Waals surface area contributed by atoms with Gasteiger partial charge < -0.3 is 14.8 Å². The van der Waals surface area contributed by atoms with Crippen molar-refractivity contribution in [2.75, 3.05) is 32.1 Å². The minimum atomic E-state index is -0.351. The Morgan fingerprint density at radius 1 is 1.23 bits per heavy atom. The minimum absolute atomic E-state index is 0.0550. The molecule has 1 aromatic rings. The van der Waals surface area contributed by atoms with Gasteiger partial charge in [0.1, 0.15) is 5.00 Å². The van der Waals surface area contributed by atoms with Crippen LogP contribution in [-0.4, -0.2) is 55.7 Å². The van der Waals surface area contributed by atoms with Crippen molar-refractivity contribution in [2.24, 2.45) is 0 Å². The maximum absolute atomic E-state index is 12.5. The van der Waals surface area contributed by atoms with Gasteiger partial charge >= 0.3 is 5.97 Å². The van der Waals surface area contributed by atoms with Gasteiger partial charge in [0, 0.05) is 30.9 Å². The zero-order valence-corrected chi connectivity index (χ0v) is 16.6. The van der Waals surface area contributed by atoms with Gasteiger partial charge in [0.15, 0.2) is 0 Å². The van der Waals surface area contributed by atoms with Crippen LogP contribution in [0.4, 0.5) is 5.00 Å². The standard InChI is InChI=1S/C19H28N2O4S/c1-12-10-21(11-13(2)25-12)9-8-16(22)20-18-17(19(23)24-3)14-6-4-5-7-15(14)26-18/h12-13H,4-11H2,1-3H3,(H,20,22)/t12-,13+. The zero-order chi connectivity index (χ0) is 18.7. The molecule has 1 aliphatic carbocycles. The zero-order valence-electron chi connectivity index (χ0n) is 15.8. The first-order chi connectivity index (χ1) is 12.5. The lowest BCUT2D eigenvalue weighted by atomic mass is 9.95. The molecule has 1 fully saturated rings. The van der Waals surface area contributed by atoms with Crippen LogP contribution in [0.25, 0.3) is 0 Å². The molecule has 3 rings (SSSR count). The van der Waals surface area contributed by atoms with E-state index in [1.54, 1.807) is 0 Å². The van der Waals surface area contributed by atoms with Crippen LogP contribution in [0.3, 0.4) is 0 Å². The molecule has 2 atom stereocenters. The van der Waals surface area contributed by atoms with Gasteiger partial charge in [-0.15, -0.1) is 11.3 Å². The number of thiophene rings is 1. The van der Waals surface area contributed by atoms with Crippen molar-refractivity contribution in [2.45, 2.75) is 58.2 Å². The number of methoxy groups -OCH3 is 1. The Morgan fingerprint density at radius 3 is 2.62 bits per heavy atom. The number of nitrogens with one attached hydrogen (secondary N) is 1. The molecule has 7 heteroatoms. The van der Waals surface area contributed by atoms with E-state index in [-0.39, 0.29) is 24.1 Å². The highest BCUT2D eigenvalue weighted by molar-refractivity contribution is 7.17. The maximum atomic E-state index is 12.5. The average Bonchev–Trinajstić information content (AvgIpc) is 2.96. The number of esters is 1. The van der Waals surface area contributed by atoms with Crippen LogP contribution < -0.4 is 5.32 Å². The number of ether oxygens (including phenoxy) is 2. The summed E-state index contributed by atoms with van der Waals surface area (Å²) < 4.78 is 10.7. The summed E-state index contributed by atoms with van der Waals surface area (Å²) in [6.07, 6.45) is 4.86. The second kappa shape index (κ2) is 8.50. The fourth-order valence-corrected chi connectivity index (χ4v) is 5.18. The van der Waals surface area contributed by atoms with E-state index in [2.05, 4.69) is 24.1 Å². The van der Waals surface area contributed by atoms with Gasteiger partial charge in [-0.3, -0.25) is 9.69 Å². The predicted molar refractivity (Wildman–Crippen MR) is 102 cm³/mol. The molecule has 1 amide bonds. The van der Waals surface area contributed by atoms with E-state index >= 15 is 0 Å². The van der Waals surface area contributed by atoms with E-state index in [4.69, 9.17) is 9.47 Å². The van der Waals surface area contributed by atoms with E-state index in [1.807, 2.05) is 0 Å².